The Kier molecular flexibility index (Phi) is 2.55. The summed E-state index contributed by atoms with van der Waals surface area (Å²) in [6, 6.07) is 3.54. The molecule has 0 aliphatic heterocycles. The van der Waals surface area contributed by atoms with Crippen molar-refractivity contribution < 1.29 is 0 Å². The van der Waals surface area contributed by atoms with Gasteiger partial charge in [0.05, 0.1) is 6.54 Å². The Hall–Kier alpha value is -1.69. The van der Waals surface area contributed by atoms with Crippen molar-refractivity contribution in [1.82, 2.24) is 25.6 Å². The molecule has 2 aromatic rings. The van der Waals surface area contributed by atoms with E-state index in [0.717, 1.165) is 5.69 Å². The summed E-state index contributed by atoms with van der Waals surface area (Å²) in [5, 5.41) is 16.9. The third-order valence-corrected chi connectivity index (χ3v) is 1.77. The number of tetrazole rings is 1. The first kappa shape index (κ1) is 8.89. The maximum Gasteiger partial charge on any atom is 0.193 e. The average molecular weight is 211 g/mol. The van der Waals surface area contributed by atoms with Crippen molar-refractivity contribution in [3.05, 3.63) is 29.3 Å². The molecular formula is C7H7ClN6. The Morgan fingerprint density at radius 1 is 1.50 bits per heavy atom. The van der Waals surface area contributed by atoms with Gasteiger partial charge >= 0.3 is 0 Å². The number of nitrogens with zero attached hydrogens (tertiary/aromatic N) is 4. The van der Waals surface area contributed by atoms with Crippen LogP contribution in [-0.2, 0) is 6.54 Å². The molecule has 2 aromatic heterocycles. The minimum absolute atomic E-state index is 0.447. The van der Waals surface area contributed by atoms with Crippen molar-refractivity contribution in [2.45, 2.75) is 6.54 Å². The van der Waals surface area contributed by atoms with E-state index < -0.39 is 0 Å². The number of aromatic nitrogens is 5. The molecule has 14 heavy (non-hydrogen) atoms. The molecule has 0 bridgehead atoms. The molecule has 0 radical (unpaired) electrons. The van der Waals surface area contributed by atoms with Gasteiger partial charge in [-0.05, 0) is 12.1 Å². The van der Waals surface area contributed by atoms with Crippen LogP contribution >= 0.6 is 11.6 Å². The Morgan fingerprint density at radius 3 is 3.14 bits per heavy atom. The van der Waals surface area contributed by atoms with E-state index in [4.69, 9.17) is 11.6 Å². The van der Waals surface area contributed by atoms with Gasteiger partial charge in [0.15, 0.2) is 5.82 Å². The smallest absolute Gasteiger partial charge is 0.193 e. The van der Waals surface area contributed by atoms with E-state index in [2.05, 4.69) is 30.9 Å². The molecule has 7 heteroatoms. The molecule has 2 N–H and O–H groups in total. The van der Waals surface area contributed by atoms with Crippen LogP contribution in [0.15, 0.2) is 18.3 Å². The minimum atomic E-state index is 0.447. The van der Waals surface area contributed by atoms with Crippen LogP contribution in [0.5, 0.6) is 0 Å². The fourth-order valence-electron chi connectivity index (χ4n) is 0.951. The lowest BCUT2D eigenvalue weighted by atomic mass is 10.4. The van der Waals surface area contributed by atoms with Crippen LogP contribution in [0, 0.1) is 0 Å². The highest BCUT2D eigenvalue weighted by molar-refractivity contribution is 6.29. The number of rotatable bonds is 3. The summed E-state index contributed by atoms with van der Waals surface area (Å²) in [4.78, 5) is 3.86. The molecule has 6 nitrogen and oxygen atoms in total. The number of pyridine rings is 1. The second kappa shape index (κ2) is 4.01. The first-order valence-electron chi connectivity index (χ1n) is 3.92. The molecule has 0 aromatic carbocycles. The largest absolute Gasteiger partial charge is 0.377 e. The van der Waals surface area contributed by atoms with Crippen LogP contribution < -0.4 is 5.32 Å². The zero-order valence-corrected chi connectivity index (χ0v) is 7.86. The lowest BCUT2D eigenvalue weighted by molar-refractivity contribution is 0.881. The average Bonchev–Trinajstić information content (AvgIpc) is 2.67. The van der Waals surface area contributed by atoms with E-state index >= 15 is 0 Å². The van der Waals surface area contributed by atoms with Gasteiger partial charge in [-0.2, -0.15) is 5.21 Å². The number of hydrogen-bond acceptors (Lipinski definition) is 5. The molecule has 0 atom stereocenters. The SMILES string of the molecule is Clc1cc(NCc2nn[nH]n2)ccn1. The van der Waals surface area contributed by atoms with Crippen molar-refractivity contribution in [2.24, 2.45) is 0 Å². The third-order valence-electron chi connectivity index (χ3n) is 1.57. The molecular weight excluding hydrogens is 204 g/mol. The van der Waals surface area contributed by atoms with Gasteiger partial charge in [0.25, 0.3) is 0 Å². The summed E-state index contributed by atoms with van der Waals surface area (Å²) in [6.07, 6.45) is 1.63. The number of H-pyrrole nitrogens is 1. The first-order chi connectivity index (χ1) is 6.84. The Bertz CT molecular complexity index is 400. The van der Waals surface area contributed by atoms with E-state index in [1.165, 1.54) is 0 Å². The molecule has 0 unspecified atom stereocenters. The Morgan fingerprint density at radius 2 is 2.43 bits per heavy atom. The summed E-state index contributed by atoms with van der Waals surface area (Å²) in [5.41, 5.74) is 0.870. The fraction of sp³-hybridized carbons (Fsp3) is 0.143. The van der Waals surface area contributed by atoms with E-state index in [-0.39, 0.29) is 0 Å². The van der Waals surface area contributed by atoms with Crippen molar-refractivity contribution in [3.8, 4) is 0 Å². The maximum absolute atomic E-state index is 5.70. The highest BCUT2D eigenvalue weighted by Gasteiger charge is 1.98. The highest BCUT2D eigenvalue weighted by Crippen LogP contribution is 2.11. The normalized spacial score (nSPS) is 10.1. The number of anilines is 1. The quantitative estimate of drug-likeness (QED) is 0.735. The molecule has 0 spiro atoms. The Labute approximate surface area is 84.7 Å². The van der Waals surface area contributed by atoms with Crippen LogP contribution in [-0.4, -0.2) is 25.6 Å². The van der Waals surface area contributed by atoms with Gasteiger partial charge in [0.1, 0.15) is 5.15 Å². The van der Waals surface area contributed by atoms with Crippen molar-refractivity contribution in [3.63, 3.8) is 0 Å². The van der Waals surface area contributed by atoms with Gasteiger partial charge < -0.3 is 5.32 Å². The predicted octanol–water partition coefficient (Wildman–Crippen LogP) is 0.860. The molecule has 0 fully saturated rings. The summed E-state index contributed by atoms with van der Waals surface area (Å²) in [5.74, 6) is 0.595. The van der Waals surface area contributed by atoms with E-state index in [1.807, 2.05) is 6.07 Å². The standard InChI is InChI=1S/C7H7ClN6/c8-6-3-5(1-2-9-6)10-4-7-11-13-14-12-7/h1-3H,4H2,(H,9,10)(H,11,12,13,14). The highest BCUT2D eigenvalue weighted by atomic mass is 35.5. The third kappa shape index (κ3) is 2.17. The van der Waals surface area contributed by atoms with Gasteiger partial charge in [-0.3, -0.25) is 0 Å². The van der Waals surface area contributed by atoms with Crippen LogP contribution in [0.25, 0.3) is 0 Å². The van der Waals surface area contributed by atoms with Crippen molar-refractivity contribution >= 4 is 17.3 Å². The molecule has 0 saturated heterocycles. The number of nitrogens with one attached hydrogen (secondary N) is 2. The van der Waals surface area contributed by atoms with Crippen LogP contribution in [0.3, 0.4) is 0 Å². The van der Waals surface area contributed by atoms with Crippen molar-refractivity contribution in [1.29, 1.82) is 0 Å². The predicted molar refractivity (Wildman–Crippen MR) is 50.8 cm³/mol. The van der Waals surface area contributed by atoms with Crippen LogP contribution in [0.1, 0.15) is 5.82 Å². The maximum atomic E-state index is 5.70. The second-order valence-corrected chi connectivity index (χ2v) is 2.94. The van der Waals surface area contributed by atoms with Gasteiger partial charge in [0.2, 0.25) is 0 Å². The lowest BCUT2D eigenvalue weighted by Gasteiger charge is -2.02. The molecule has 0 saturated carbocycles. The zero-order chi connectivity index (χ0) is 9.80. The van der Waals surface area contributed by atoms with Gasteiger partial charge in [-0.25, -0.2) is 4.98 Å². The molecule has 2 rings (SSSR count). The topological polar surface area (TPSA) is 79.4 Å². The monoisotopic (exact) mass is 210 g/mol. The number of halogens is 1. The summed E-state index contributed by atoms with van der Waals surface area (Å²) >= 11 is 5.70. The Balaban J connectivity index is 1.98. The summed E-state index contributed by atoms with van der Waals surface area (Å²) in [6.45, 7) is 0.497. The first-order valence-corrected chi connectivity index (χ1v) is 4.30. The van der Waals surface area contributed by atoms with E-state index in [1.54, 1.807) is 12.3 Å². The fourth-order valence-corrected chi connectivity index (χ4v) is 1.12. The number of aromatic amines is 1. The van der Waals surface area contributed by atoms with Crippen LogP contribution in [0.2, 0.25) is 5.15 Å². The lowest BCUT2D eigenvalue weighted by Crippen LogP contribution is -2.01. The molecule has 0 amide bonds. The zero-order valence-electron chi connectivity index (χ0n) is 7.11. The van der Waals surface area contributed by atoms with Crippen LogP contribution in [0.4, 0.5) is 5.69 Å². The van der Waals surface area contributed by atoms with E-state index in [9.17, 15) is 0 Å². The summed E-state index contributed by atoms with van der Waals surface area (Å²) < 4.78 is 0. The second-order valence-electron chi connectivity index (χ2n) is 2.55. The molecule has 0 aliphatic carbocycles. The van der Waals surface area contributed by atoms with Gasteiger partial charge in [0, 0.05) is 11.9 Å². The number of hydrogen-bond donors (Lipinski definition) is 2. The van der Waals surface area contributed by atoms with Crippen molar-refractivity contribution in [2.75, 3.05) is 5.32 Å². The molecule has 2 heterocycles. The molecule has 72 valence electrons. The van der Waals surface area contributed by atoms with E-state index in [0.29, 0.717) is 17.5 Å². The summed E-state index contributed by atoms with van der Waals surface area (Å²) in [7, 11) is 0. The molecule has 0 aliphatic rings. The minimum Gasteiger partial charge on any atom is -0.377 e. The van der Waals surface area contributed by atoms with Gasteiger partial charge in [-0.1, -0.05) is 16.8 Å². The van der Waals surface area contributed by atoms with Gasteiger partial charge in [-0.15, -0.1) is 10.2 Å².